The molecule has 0 spiro atoms. The quantitative estimate of drug-likeness (QED) is 0.259. The summed E-state index contributed by atoms with van der Waals surface area (Å²) < 4.78 is 4.48. The molecule has 0 aliphatic rings. The van der Waals surface area contributed by atoms with E-state index in [4.69, 9.17) is 0 Å². The number of ether oxygens (including phenoxy) is 1. The molecule has 0 bridgehead atoms. The van der Waals surface area contributed by atoms with E-state index < -0.39 is 5.97 Å². The van der Waals surface area contributed by atoms with Crippen molar-refractivity contribution in [1.29, 1.82) is 0 Å². The summed E-state index contributed by atoms with van der Waals surface area (Å²) in [7, 11) is 0. The number of esters is 2. The van der Waals surface area contributed by atoms with Crippen LogP contribution in [0.3, 0.4) is 0 Å². The zero-order valence-corrected chi connectivity index (χ0v) is 14.3. The molecular weight excluding hydrogens is 264 g/mol. The normalized spacial score (nSPS) is 10.9. The molecule has 0 saturated carbocycles. The first-order chi connectivity index (χ1) is 10.0. The second-order valence-electron chi connectivity index (χ2n) is 6.43. The fraction of sp³-hybridized carbons (Fsp3) is 0.889. The largest absolute Gasteiger partial charge is 0.393 e. The number of hydrogen-bond acceptors (Lipinski definition) is 3. The molecule has 0 atom stereocenters. The van der Waals surface area contributed by atoms with Crippen molar-refractivity contribution in [2.45, 2.75) is 97.8 Å². The van der Waals surface area contributed by atoms with Crippen LogP contribution in [0.4, 0.5) is 0 Å². The predicted molar refractivity (Wildman–Crippen MR) is 87.0 cm³/mol. The van der Waals surface area contributed by atoms with E-state index in [9.17, 15) is 9.59 Å². The fourth-order valence-electron chi connectivity index (χ4n) is 2.45. The van der Waals surface area contributed by atoms with Crippen molar-refractivity contribution in [3.63, 3.8) is 0 Å². The molecule has 0 N–H and O–H groups in total. The van der Waals surface area contributed by atoms with Gasteiger partial charge < -0.3 is 4.74 Å². The molecule has 0 aliphatic heterocycles. The number of hydrogen-bond donors (Lipinski definition) is 0. The number of rotatable bonds is 13. The summed E-state index contributed by atoms with van der Waals surface area (Å²) >= 11 is 0. The van der Waals surface area contributed by atoms with Crippen LogP contribution in [0, 0.1) is 5.92 Å². The van der Waals surface area contributed by atoms with E-state index in [0.29, 0.717) is 6.42 Å². The van der Waals surface area contributed by atoms with Gasteiger partial charge in [-0.15, -0.1) is 0 Å². The van der Waals surface area contributed by atoms with Crippen LogP contribution in [0.1, 0.15) is 97.8 Å². The molecule has 0 fully saturated rings. The van der Waals surface area contributed by atoms with E-state index in [1.165, 1.54) is 64.7 Å². The highest BCUT2D eigenvalue weighted by Gasteiger charge is 2.04. The van der Waals surface area contributed by atoms with Crippen molar-refractivity contribution < 1.29 is 14.3 Å². The second-order valence-corrected chi connectivity index (χ2v) is 6.43. The summed E-state index contributed by atoms with van der Waals surface area (Å²) in [5, 5.41) is 0. The molecule has 0 aliphatic carbocycles. The Bertz CT molecular complexity index is 272. The molecule has 0 heterocycles. The van der Waals surface area contributed by atoms with E-state index in [1.807, 2.05) is 0 Å². The fourth-order valence-corrected chi connectivity index (χ4v) is 2.45. The summed E-state index contributed by atoms with van der Waals surface area (Å²) in [6.07, 6.45) is 14.2. The Morgan fingerprint density at radius 1 is 0.762 bits per heavy atom. The van der Waals surface area contributed by atoms with Crippen LogP contribution in [0.5, 0.6) is 0 Å². The first kappa shape index (κ1) is 20.1. The standard InChI is InChI=1S/C18H34O3/c1-16(2)14-12-10-8-6-4-5-7-9-11-13-15-18(20)21-17(3)19/h16H,4-15H2,1-3H3. The van der Waals surface area contributed by atoms with Gasteiger partial charge in [-0.25, -0.2) is 0 Å². The molecule has 21 heavy (non-hydrogen) atoms. The van der Waals surface area contributed by atoms with E-state index in [1.54, 1.807) is 0 Å². The Hall–Kier alpha value is -0.860. The lowest BCUT2D eigenvalue weighted by Crippen LogP contribution is -2.08. The molecule has 124 valence electrons. The first-order valence-corrected chi connectivity index (χ1v) is 8.73. The zero-order chi connectivity index (χ0) is 15.9. The zero-order valence-electron chi connectivity index (χ0n) is 14.3. The van der Waals surface area contributed by atoms with E-state index in [-0.39, 0.29) is 5.97 Å². The van der Waals surface area contributed by atoms with Gasteiger partial charge in [0.15, 0.2) is 0 Å². The van der Waals surface area contributed by atoms with Gasteiger partial charge in [-0.2, -0.15) is 0 Å². The van der Waals surface area contributed by atoms with Crippen molar-refractivity contribution in [3.05, 3.63) is 0 Å². The van der Waals surface area contributed by atoms with Gasteiger partial charge in [-0.3, -0.25) is 9.59 Å². The number of carbonyl (C=O) groups is 2. The molecule has 0 aromatic heterocycles. The third-order valence-electron chi connectivity index (χ3n) is 3.67. The van der Waals surface area contributed by atoms with Crippen LogP contribution in [-0.4, -0.2) is 11.9 Å². The van der Waals surface area contributed by atoms with Crippen molar-refractivity contribution in [2.24, 2.45) is 5.92 Å². The van der Waals surface area contributed by atoms with Gasteiger partial charge >= 0.3 is 11.9 Å². The molecule has 0 saturated heterocycles. The van der Waals surface area contributed by atoms with Gasteiger partial charge in [-0.1, -0.05) is 78.1 Å². The topological polar surface area (TPSA) is 43.4 Å². The van der Waals surface area contributed by atoms with E-state index >= 15 is 0 Å². The lowest BCUT2D eigenvalue weighted by molar-refractivity contribution is -0.158. The van der Waals surface area contributed by atoms with E-state index in [0.717, 1.165) is 18.8 Å². The summed E-state index contributed by atoms with van der Waals surface area (Å²) in [4.78, 5) is 21.7. The monoisotopic (exact) mass is 298 g/mol. The Labute approximate surface area is 130 Å². The van der Waals surface area contributed by atoms with Crippen LogP contribution in [0.2, 0.25) is 0 Å². The lowest BCUT2D eigenvalue weighted by Gasteiger charge is -2.04. The highest BCUT2D eigenvalue weighted by molar-refractivity contribution is 5.83. The van der Waals surface area contributed by atoms with Crippen LogP contribution < -0.4 is 0 Å². The van der Waals surface area contributed by atoms with Gasteiger partial charge in [0.1, 0.15) is 0 Å². The Morgan fingerprint density at radius 3 is 1.62 bits per heavy atom. The molecular formula is C18H34O3. The summed E-state index contributed by atoms with van der Waals surface area (Å²) in [5.41, 5.74) is 0. The minimum absolute atomic E-state index is 0.370. The van der Waals surface area contributed by atoms with Crippen LogP contribution in [0.25, 0.3) is 0 Å². The minimum atomic E-state index is -0.506. The van der Waals surface area contributed by atoms with Crippen LogP contribution in [-0.2, 0) is 14.3 Å². The lowest BCUT2D eigenvalue weighted by atomic mass is 10.0. The molecule has 0 amide bonds. The SMILES string of the molecule is CC(=O)OC(=O)CCCCCCCCCCCCC(C)C. The third-order valence-corrected chi connectivity index (χ3v) is 3.67. The van der Waals surface area contributed by atoms with Gasteiger partial charge in [0.25, 0.3) is 0 Å². The number of carbonyl (C=O) groups excluding carboxylic acids is 2. The van der Waals surface area contributed by atoms with Crippen molar-refractivity contribution in [1.82, 2.24) is 0 Å². The molecule has 0 aromatic carbocycles. The first-order valence-electron chi connectivity index (χ1n) is 8.73. The molecule has 0 aromatic rings. The average Bonchev–Trinajstić information content (AvgIpc) is 2.38. The van der Waals surface area contributed by atoms with Crippen LogP contribution in [0.15, 0.2) is 0 Å². The minimum Gasteiger partial charge on any atom is -0.393 e. The highest BCUT2D eigenvalue weighted by Crippen LogP contribution is 2.13. The molecule has 3 nitrogen and oxygen atoms in total. The summed E-state index contributed by atoms with van der Waals surface area (Å²) in [5.74, 6) is -0.0463. The van der Waals surface area contributed by atoms with Gasteiger partial charge in [0.2, 0.25) is 0 Å². The van der Waals surface area contributed by atoms with Crippen molar-refractivity contribution in [2.75, 3.05) is 0 Å². The molecule has 0 unspecified atom stereocenters. The van der Waals surface area contributed by atoms with Crippen molar-refractivity contribution in [3.8, 4) is 0 Å². The highest BCUT2D eigenvalue weighted by atomic mass is 16.6. The molecule has 3 heteroatoms. The van der Waals surface area contributed by atoms with Gasteiger partial charge in [0, 0.05) is 13.3 Å². The van der Waals surface area contributed by atoms with Gasteiger partial charge in [-0.05, 0) is 12.3 Å². The second kappa shape index (κ2) is 14.1. The Balaban J connectivity index is 3.12. The molecule has 0 radical (unpaired) electrons. The molecule has 0 rings (SSSR count). The Morgan fingerprint density at radius 2 is 1.19 bits per heavy atom. The summed E-state index contributed by atoms with van der Waals surface area (Å²) in [6, 6.07) is 0. The predicted octanol–water partition coefficient (Wildman–Crippen LogP) is 5.41. The van der Waals surface area contributed by atoms with Crippen molar-refractivity contribution >= 4 is 11.9 Å². The maximum absolute atomic E-state index is 11.1. The Kier molecular flexibility index (Phi) is 13.5. The van der Waals surface area contributed by atoms with Crippen LogP contribution >= 0.6 is 0 Å². The maximum atomic E-state index is 11.1. The third kappa shape index (κ3) is 17.1. The van der Waals surface area contributed by atoms with Gasteiger partial charge in [0.05, 0.1) is 0 Å². The summed E-state index contributed by atoms with van der Waals surface area (Å²) in [6.45, 7) is 5.85. The average molecular weight is 298 g/mol. The van der Waals surface area contributed by atoms with E-state index in [2.05, 4.69) is 18.6 Å². The smallest absolute Gasteiger partial charge is 0.313 e. The maximum Gasteiger partial charge on any atom is 0.313 e. The number of unbranched alkanes of at least 4 members (excludes halogenated alkanes) is 9.